The van der Waals surface area contributed by atoms with E-state index in [1.54, 1.807) is 24.3 Å². The van der Waals surface area contributed by atoms with Crippen LogP contribution in [-0.4, -0.2) is 9.97 Å². The summed E-state index contributed by atoms with van der Waals surface area (Å²) >= 11 is 5.92. The molecule has 2 aromatic rings. The van der Waals surface area contributed by atoms with Crippen molar-refractivity contribution in [2.24, 2.45) is 5.84 Å². The zero-order chi connectivity index (χ0) is 13.8. The summed E-state index contributed by atoms with van der Waals surface area (Å²) in [5, 5.41) is 12.6. The van der Waals surface area contributed by atoms with Gasteiger partial charge in [0.1, 0.15) is 11.9 Å². The molecule has 7 heteroatoms. The molecule has 0 amide bonds. The van der Waals surface area contributed by atoms with Crippen LogP contribution in [0.5, 0.6) is 0 Å². The van der Waals surface area contributed by atoms with Gasteiger partial charge in [-0.1, -0.05) is 11.6 Å². The first-order valence-corrected chi connectivity index (χ1v) is 5.79. The molecule has 4 N–H and O–H groups in total. The summed E-state index contributed by atoms with van der Waals surface area (Å²) in [6, 6.07) is 8.78. The van der Waals surface area contributed by atoms with Crippen molar-refractivity contribution in [1.82, 2.24) is 9.97 Å². The molecule has 0 aliphatic rings. The number of rotatable bonds is 3. The zero-order valence-corrected chi connectivity index (χ0v) is 10.9. The van der Waals surface area contributed by atoms with Crippen LogP contribution in [-0.2, 0) is 0 Å². The van der Waals surface area contributed by atoms with Crippen molar-refractivity contribution in [3.8, 4) is 6.07 Å². The fraction of sp³-hybridized carbons (Fsp3) is 0.0833. The maximum atomic E-state index is 9.04. The lowest BCUT2D eigenvalue weighted by Crippen LogP contribution is -2.12. The van der Waals surface area contributed by atoms with Gasteiger partial charge < -0.3 is 5.32 Å². The Bertz CT molecular complexity index is 649. The molecule has 0 fully saturated rings. The molecule has 96 valence electrons. The third-order valence-corrected chi connectivity index (χ3v) is 2.58. The number of anilines is 3. The van der Waals surface area contributed by atoms with Gasteiger partial charge in [-0.05, 0) is 25.1 Å². The average Bonchev–Trinajstić information content (AvgIpc) is 2.38. The van der Waals surface area contributed by atoms with E-state index in [2.05, 4.69) is 26.8 Å². The molecule has 0 spiro atoms. The Labute approximate surface area is 115 Å². The highest BCUT2D eigenvalue weighted by atomic mass is 35.5. The van der Waals surface area contributed by atoms with Crippen molar-refractivity contribution in [2.75, 3.05) is 10.7 Å². The summed E-state index contributed by atoms with van der Waals surface area (Å²) in [5.41, 5.74) is 4.18. The number of benzene rings is 1. The number of halogens is 1. The fourth-order valence-corrected chi connectivity index (χ4v) is 1.72. The maximum Gasteiger partial charge on any atom is 0.239 e. The van der Waals surface area contributed by atoms with Crippen LogP contribution in [0, 0.1) is 18.3 Å². The highest BCUT2D eigenvalue weighted by Gasteiger charge is 2.06. The molecule has 0 saturated carbocycles. The minimum atomic E-state index is 0.294. The van der Waals surface area contributed by atoms with Crippen LogP contribution in [0.4, 0.5) is 17.5 Å². The van der Waals surface area contributed by atoms with Gasteiger partial charge in [-0.2, -0.15) is 10.2 Å². The summed E-state index contributed by atoms with van der Waals surface area (Å²) in [7, 11) is 0. The maximum absolute atomic E-state index is 9.04. The van der Waals surface area contributed by atoms with E-state index in [0.717, 1.165) is 5.69 Å². The molecule has 6 nitrogen and oxygen atoms in total. The van der Waals surface area contributed by atoms with Gasteiger partial charge in [0.15, 0.2) is 0 Å². The first-order valence-electron chi connectivity index (χ1n) is 5.41. The van der Waals surface area contributed by atoms with Crippen LogP contribution in [0.15, 0.2) is 24.3 Å². The normalized spacial score (nSPS) is 9.79. The minimum Gasteiger partial charge on any atom is -0.339 e. The van der Waals surface area contributed by atoms with E-state index in [-0.39, 0.29) is 0 Å². The number of nitrogen functional groups attached to an aromatic ring is 1. The van der Waals surface area contributed by atoms with Gasteiger partial charge >= 0.3 is 0 Å². The van der Waals surface area contributed by atoms with Crippen molar-refractivity contribution in [3.05, 3.63) is 40.5 Å². The molecule has 0 bridgehead atoms. The second kappa shape index (κ2) is 5.52. The van der Waals surface area contributed by atoms with E-state index in [0.29, 0.717) is 28.0 Å². The highest BCUT2D eigenvalue weighted by Crippen LogP contribution is 2.24. The third-order valence-electron chi connectivity index (χ3n) is 2.35. The van der Waals surface area contributed by atoms with Gasteiger partial charge in [0.25, 0.3) is 0 Å². The molecule has 0 atom stereocenters. The quantitative estimate of drug-likeness (QED) is 0.587. The van der Waals surface area contributed by atoms with E-state index in [1.165, 1.54) is 0 Å². The van der Waals surface area contributed by atoms with Crippen LogP contribution in [0.25, 0.3) is 0 Å². The Morgan fingerprint density at radius 3 is 2.79 bits per heavy atom. The molecule has 0 saturated heterocycles. The van der Waals surface area contributed by atoms with E-state index in [9.17, 15) is 0 Å². The highest BCUT2D eigenvalue weighted by molar-refractivity contribution is 6.30. The SMILES string of the molecule is Cc1cc(Nc2cc(Cl)ccc2C#N)nc(NN)n1. The van der Waals surface area contributed by atoms with Crippen molar-refractivity contribution < 1.29 is 0 Å². The lowest BCUT2D eigenvalue weighted by atomic mass is 10.2. The molecule has 0 radical (unpaired) electrons. The monoisotopic (exact) mass is 274 g/mol. The smallest absolute Gasteiger partial charge is 0.239 e. The first kappa shape index (κ1) is 13.1. The zero-order valence-electron chi connectivity index (χ0n) is 10.1. The number of nitrogens with one attached hydrogen (secondary N) is 2. The average molecular weight is 275 g/mol. The van der Waals surface area contributed by atoms with Crippen molar-refractivity contribution in [3.63, 3.8) is 0 Å². The molecular weight excluding hydrogens is 264 g/mol. The lowest BCUT2D eigenvalue weighted by Gasteiger charge is -2.09. The molecule has 1 aromatic heterocycles. The topological polar surface area (TPSA) is 99.7 Å². The number of nitriles is 1. The van der Waals surface area contributed by atoms with E-state index >= 15 is 0 Å². The molecule has 0 aliphatic heterocycles. The number of nitrogens with two attached hydrogens (primary N) is 1. The van der Waals surface area contributed by atoms with Gasteiger partial charge in [-0.3, -0.25) is 5.43 Å². The summed E-state index contributed by atoms with van der Waals surface area (Å²) < 4.78 is 0. The number of nitrogens with zero attached hydrogens (tertiary/aromatic N) is 3. The van der Waals surface area contributed by atoms with Crippen molar-refractivity contribution in [2.45, 2.75) is 6.92 Å². The molecule has 1 heterocycles. The van der Waals surface area contributed by atoms with Crippen LogP contribution in [0.3, 0.4) is 0 Å². The van der Waals surface area contributed by atoms with E-state index in [1.807, 2.05) is 6.92 Å². The summed E-state index contributed by atoms with van der Waals surface area (Å²) in [6.07, 6.45) is 0. The standard InChI is InChI=1S/C12H11ClN6/c1-7-4-11(18-12(16-7)19-15)17-10-5-9(13)3-2-8(10)6-14/h2-5H,15H2,1H3,(H2,16,17,18,19). The van der Waals surface area contributed by atoms with Gasteiger partial charge in [0.05, 0.1) is 11.3 Å². The number of hydrogen-bond acceptors (Lipinski definition) is 6. The first-order chi connectivity index (χ1) is 9.12. The Kier molecular flexibility index (Phi) is 3.80. The Balaban J connectivity index is 2.38. The van der Waals surface area contributed by atoms with Crippen LogP contribution in [0.2, 0.25) is 5.02 Å². The lowest BCUT2D eigenvalue weighted by molar-refractivity contribution is 1.07. The summed E-state index contributed by atoms with van der Waals surface area (Å²) in [4.78, 5) is 8.22. The van der Waals surface area contributed by atoms with Crippen LogP contribution >= 0.6 is 11.6 Å². The Morgan fingerprint density at radius 2 is 2.11 bits per heavy atom. The van der Waals surface area contributed by atoms with Crippen LogP contribution in [0.1, 0.15) is 11.3 Å². The molecule has 1 aromatic carbocycles. The van der Waals surface area contributed by atoms with Crippen molar-refractivity contribution in [1.29, 1.82) is 5.26 Å². The van der Waals surface area contributed by atoms with Gasteiger partial charge in [-0.15, -0.1) is 0 Å². The third kappa shape index (κ3) is 3.10. The van der Waals surface area contributed by atoms with Crippen molar-refractivity contribution >= 4 is 29.1 Å². The number of hydrazine groups is 1. The largest absolute Gasteiger partial charge is 0.339 e. The second-order valence-electron chi connectivity index (χ2n) is 3.79. The number of aryl methyl sites for hydroxylation is 1. The van der Waals surface area contributed by atoms with E-state index in [4.69, 9.17) is 22.7 Å². The van der Waals surface area contributed by atoms with Crippen LogP contribution < -0.4 is 16.6 Å². The molecule has 2 rings (SSSR count). The number of hydrogen-bond donors (Lipinski definition) is 3. The van der Waals surface area contributed by atoms with Gasteiger partial charge in [0.2, 0.25) is 5.95 Å². The Morgan fingerprint density at radius 1 is 1.32 bits per heavy atom. The molecule has 0 aliphatic carbocycles. The predicted molar refractivity (Wildman–Crippen MR) is 74.0 cm³/mol. The fourth-order valence-electron chi connectivity index (χ4n) is 1.55. The van der Waals surface area contributed by atoms with Gasteiger partial charge in [0, 0.05) is 16.8 Å². The Hall–Kier alpha value is -2.36. The van der Waals surface area contributed by atoms with Gasteiger partial charge in [-0.25, -0.2) is 10.8 Å². The molecule has 0 unspecified atom stereocenters. The molecule has 19 heavy (non-hydrogen) atoms. The minimum absolute atomic E-state index is 0.294. The molecular formula is C12H11ClN6. The summed E-state index contributed by atoms with van der Waals surface area (Å²) in [5.74, 6) is 6.11. The number of aromatic nitrogens is 2. The second-order valence-corrected chi connectivity index (χ2v) is 4.23. The van der Waals surface area contributed by atoms with E-state index < -0.39 is 0 Å². The summed E-state index contributed by atoms with van der Waals surface area (Å²) in [6.45, 7) is 1.82. The predicted octanol–water partition coefficient (Wildman–Crippen LogP) is 2.34.